The predicted octanol–water partition coefficient (Wildman–Crippen LogP) is 0.722. The Balaban J connectivity index is 4.44. The Morgan fingerprint density at radius 3 is 2.35 bits per heavy atom. The fourth-order valence-electron chi connectivity index (χ4n) is 1.59. The SMILES string of the molecule is CCCNC(=O)CN(C)C(C(C)N)C(F)(F)F. The van der Waals surface area contributed by atoms with Gasteiger partial charge in [0.05, 0.1) is 6.54 Å². The molecule has 0 bridgehead atoms. The number of nitrogens with two attached hydrogens (primary N) is 1. The summed E-state index contributed by atoms with van der Waals surface area (Å²) in [6, 6.07) is -2.89. The number of hydrogen-bond donors (Lipinski definition) is 2. The van der Waals surface area contributed by atoms with E-state index in [1.54, 1.807) is 0 Å². The van der Waals surface area contributed by atoms with Crippen molar-refractivity contribution in [3.63, 3.8) is 0 Å². The van der Waals surface area contributed by atoms with E-state index in [-0.39, 0.29) is 6.54 Å². The number of hydrogen-bond acceptors (Lipinski definition) is 3. The van der Waals surface area contributed by atoms with Crippen LogP contribution in [0.15, 0.2) is 0 Å². The van der Waals surface area contributed by atoms with Gasteiger partial charge in [-0.2, -0.15) is 13.2 Å². The molecule has 4 nitrogen and oxygen atoms in total. The molecule has 0 aliphatic carbocycles. The number of likely N-dealkylation sites (N-methyl/N-ethyl adjacent to an activating group) is 1. The van der Waals surface area contributed by atoms with Gasteiger partial charge >= 0.3 is 6.18 Å². The van der Waals surface area contributed by atoms with Crippen LogP contribution in [-0.2, 0) is 4.79 Å². The summed E-state index contributed by atoms with van der Waals surface area (Å²) in [5.74, 6) is -0.427. The Morgan fingerprint density at radius 2 is 2.00 bits per heavy atom. The molecule has 7 heteroatoms. The van der Waals surface area contributed by atoms with E-state index in [0.717, 1.165) is 11.3 Å². The number of halogens is 3. The van der Waals surface area contributed by atoms with Crippen molar-refractivity contribution in [2.24, 2.45) is 5.73 Å². The van der Waals surface area contributed by atoms with Gasteiger partial charge in [-0.15, -0.1) is 0 Å². The molecule has 2 atom stereocenters. The third kappa shape index (κ3) is 5.88. The number of alkyl halides is 3. The summed E-state index contributed by atoms with van der Waals surface area (Å²) < 4.78 is 38.0. The molecule has 0 aromatic rings. The number of nitrogens with zero attached hydrogens (tertiary/aromatic N) is 1. The highest BCUT2D eigenvalue weighted by atomic mass is 19.4. The Morgan fingerprint density at radius 1 is 1.47 bits per heavy atom. The normalized spacial score (nSPS) is 15.8. The van der Waals surface area contributed by atoms with Crippen LogP contribution in [0.1, 0.15) is 20.3 Å². The van der Waals surface area contributed by atoms with Gasteiger partial charge in [-0.05, 0) is 20.4 Å². The standard InChI is InChI=1S/C10H20F3N3O/c1-4-5-15-8(17)6-16(3)9(7(2)14)10(11,12)13/h7,9H,4-6,14H2,1-3H3,(H,15,17). The number of amides is 1. The van der Waals surface area contributed by atoms with Crippen LogP contribution in [0.4, 0.5) is 13.2 Å². The van der Waals surface area contributed by atoms with Crippen molar-refractivity contribution < 1.29 is 18.0 Å². The molecule has 1 amide bonds. The maximum Gasteiger partial charge on any atom is 0.405 e. The second kappa shape index (κ2) is 6.80. The van der Waals surface area contributed by atoms with Gasteiger partial charge in [0.15, 0.2) is 0 Å². The first-order valence-electron chi connectivity index (χ1n) is 5.49. The summed E-state index contributed by atoms with van der Waals surface area (Å²) >= 11 is 0. The molecule has 0 aliphatic rings. The maximum absolute atomic E-state index is 12.7. The average Bonchev–Trinajstić information content (AvgIpc) is 2.11. The molecule has 0 heterocycles. The van der Waals surface area contributed by atoms with E-state index < -0.39 is 24.2 Å². The summed E-state index contributed by atoms with van der Waals surface area (Å²) in [4.78, 5) is 12.2. The molecular formula is C10H20F3N3O. The van der Waals surface area contributed by atoms with Crippen LogP contribution in [0.3, 0.4) is 0 Å². The number of carbonyl (C=O) groups excluding carboxylic acids is 1. The van der Waals surface area contributed by atoms with Gasteiger partial charge in [0, 0.05) is 12.6 Å². The fourth-order valence-corrected chi connectivity index (χ4v) is 1.59. The topological polar surface area (TPSA) is 58.4 Å². The van der Waals surface area contributed by atoms with E-state index in [0.29, 0.717) is 6.54 Å². The third-order valence-electron chi connectivity index (χ3n) is 2.27. The molecule has 0 aromatic carbocycles. The first kappa shape index (κ1) is 16.2. The smallest absolute Gasteiger partial charge is 0.355 e. The summed E-state index contributed by atoms with van der Waals surface area (Å²) in [7, 11) is 1.24. The van der Waals surface area contributed by atoms with Crippen molar-refractivity contribution in [3.05, 3.63) is 0 Å². The lowest BCUT2D eigenvalue weighted by atomic mass is 10.1. The van der Waals surface area contributed by atoms with Crippen molar-refractivity contribution in [1.29, 1.82) is 0 Å². The molecule has 0 aromatic heterocycles. The van der Waals surface area contributed by atoms with Crippen LogP contribution in [0.25, 0.3) is 0 Å². The van der Waals surface area contributed by atoms with Crippen LogP contribution in [-0.4, -0.2) is 49.2 Å². The molecule has 0 saturated heterocycles. The summed E-state index contributed by atoms with van der Waals surface area (Å²) in [5, 5.41) is 2.52. The number of carbonyl (C=O) groups is 1. The van der Waals surface area contributed by atoms with Crippen LogP contribution < -0.4 is 11.1 Å². The third-order valence-corrected chi connectivity index (χ3v) is 2.27. The minimum Gasteiger partial charge on any atom is -0.355 e. The van der Waals surface area contributed by atoms with E-state index in [1.165, 1.54) is 14.0 Å². The second-order valence-electron chi connectivity index (χ2n) is 4.11. The van der Waals surface area contributed by atoms with Gasteiger partial charge in [0.2, 0.25) is 5.91 Å². The summed E-state index contributed by atoms with van der Waals surface area (Å²) in [6.45, 7) is 3.29. The molecular weight excluding hydrogens is 235 g/mol. The lowest BCUT2D eigenvalue weighted by Crippen LogP contribution is -2.55. The van der Waals surface area contributed by atoms with Crippen molar-refractivity contribution in [1.82, 2.24) is 10.2 Å². The van der Waals surface area contributed by atoms with E-state index >= 15 is 0 Å². The monoisotopic (exact) mass is 255 g/mol. The largest absolute Gasteiger partial charge is 0.405 e. The van der Waals surface area contributed by atoms with Gasteiger partial charge in [-0.3, -0.25) is 9.69 Å². The summed E-state index contributed by atoms with van der Waals surface area (Å²) in [5.41, 5.74) is 5.31. The molecule has 0 fully saturated rings. The van der Waals surface area contributed by atoms with E-state index in [1.807, 2.05) is 6.92 Å². The molecule has 0 radical (unpaired) electrons. The van der Waals surface area contributed by atoms with E-state index in [2.05, 4.69) is 5.32 Å². The number of rotatable bonds is 6. The second-order valence-corrected chi connectivity index (χ2v) is 4.11. The minimum atomic E-state index is -4.44. The van der Waals surface area contributed by atoms with Crippen molar-refractivity contribution in [2.45, 2.75) is 38.5 Å². The zero-order valence-corrected chi connectivity index (χ0v) is 10.3. The highest BCUT2D eigenvalue weighted by molar-refractivity contribution is 5.77. The quantitative estimate of drug-likeness (QED) is 0.735. The molecule has 0 aliphatic heterocycles. The van der Waals surface area contributed by atoms with E-state index in [4.69, 9.17) is 5.73 Å². The molecule has 0 rings (SSSR count). The predicted molar refractivity (Wildman–Crippen MR) is 59.4 cm³/mol. The first-order chi connectivity index (χ1) is 7.70. The zero-order chi connectivity index (χ0) is 13.6. The minimum absolute atomic E-state index is 0.314. The lowest BCUT2D eigenvalue weighted by Gasteiger charge is -2.32. The highest BCUT2D eigenvalue weighted by Gasteiger charge is 2.44. The first-order valence-corrected chi connectivity index (χ1v) is 5.49. The maximum atomic E-state index is 12.7. The zero-order valence-electron chi connectivity index (χ0n) is 10.3. The average molecular weight is 255 g/mol. The molecule has 102 valence electrons. The van der Waals surface area contributed by atoms with Gasteiger partial charge in [0.1, 0.15) is 6.04 Å². The van der Waals surface area contributed by atoms with Crippen LogP contribution in [0.5, 0.6) is 0 Å². The Labute approximate surface area is 99.3 Å². The molecule has 17 heavy (non-hydrogen) atoms. The van der Waals surface area contributed by atoms with Gasteiger partial charge in [-0.25, -0.2) is 0 Å². The van der Waals surface area contributed by atoms with Gasteiger partial charge < -0.3 is 11.1 Å². The van der Waals surface area contributed by atoms with E-state index in [9.17, 15) is 18.0 Å². The van der Waals surface area contributed by atoms with Gasteiger partial charge in [-0.1, -0.05) is 6.92 Å². The Bertz CT molecular complexity index is 243. The van der Waals surface area contributed by atoms with Crippen LogP contribution >= 0.6 is 0 Å². The fraction of sp³-hybridized carbons (Fsp3) is 0.900. The molecule has 0 saturated carbocycles. The summed E-state index contributed by atoms with van der Waals surface area (Å²) in [6.07, 6.45) is -3.70. The molecule has 3 N–H and O–H groups in total. The van der Waals surface area contributed by atoms with Gasteiger partial charge in [0.25, 0.3) is 0 Å². The highest BCUT2D eigenvalue weighted by Crippen LogP contribution is 2.25. The Hall–Kier alpha value is -0.820. The molecule has 2 unspecified atom stereocenters. The van der Waals surface area contributed by atoms with Crippen LogP contribution in [0.2, 0.25) is 0 Å². The molecule has 0 spiro atoms. The number of nitrogens with one attached hydrogen (secondary N) is 1. The van der Waals surface area contributed by atoms with Crippen LogP contribution in [0, 0.1) is 0 Å². The van der Waals surface area contributed by atoms with Crippen molar-refractivity contribution >= 4 is 5.91 Å². The lowest BCUT2D eigenvalue weighted by molar-refractivity contribution is -0.184. The Kier molecular flexibility index (Phi) is 6.48. The van der Waals surface area contributed by atoms with Crippen molar-refractivity contribution in [2.75, 3.05) is 20.1 Å². The van der Waals surface area contributed by atoms with Crippen molar-refractivity contribution in [3.8, 4) is 0 Å².